The highest BCUT2D eigenvalue weighted by Crippen LogP contribution is 2.34. The Bertz CT molecular complexity index is 831. The summed E-state index contributed by atoms with van der Waals surface area (Å²) in [4.78, 5) is 21.8. The van der Waals surface area contributed by atoms with E-state index in [-0.39, 0.29) is 12.4 Å². The minimum absolute atomic E-state index is 0.155. The van der Waals surface area contributed by atoms with Crippen LogP contribution in [0.4, 0.5) is 0 Å². The molecular weight excluding hydrogens is 326 g/mol. The Kier molecular flexibility index (Phi) is 5.16. The predicted octanol–water partition coefficient (Wildman–Crippen LogP) is 3.84. The highest BCUT2D eigenvalue weighted by molar-refractivity contribution is 5.91. The Labute approximate surface area is 154 Å². The first-order chi connectivity index (χ1) is 12.8. The van der Waals surface area contributed by atoms with Gasteiger partial charge in [-0.05, 0) is 31.3 Å². The van der Waals surface area contributed by atoms with Gasteiger partial charge in [0.1, 0.15) is 5.78 Å². The molecular formula is C21H27N3O2. The van der Waals surface area contributed by atoms with E-state index in [1.807, 2.05) is 6.20 Å². The first-order valence-electron chi connectivity index (χ1n) is 9.95. The summed E-state index contributed by atoms with van der Waals surface area (Å²) < 4.78 is 2.16. The lowest BCUT2D eigenvalue weighted by atomic mass is 9.87. The van der Waals surface area contributed by atoms with Crippen molar-refractivity contribution in [3.8, 4) is 0 Å². The average molecular weight is 353 g/mol. The van der Waals surface area contributed by atoms with Crippen molar-refractivity contribution in [2.75, 3.05) is 6.61 Å². The van der Waals surface area contributed by atoms with E-state index >= 15 is 0 Å². The lowest BCUT2D eigenvalue weighted by Gasteiger charge is -2.19. The maximum atomic E-state index is 12.3. The SMILES string of the molecule is O=C(CCCCO)CC1=CCc2ncc3nc(C4CCCCC4)cn3c21. The number of aliphatic hydroxyl groups is 1. The average Bonchev–Trinajstić information content (AvgIpc) is 3.26. The normalized spacial score (nSPS) is 17.5. The lowest BCUT2D eigenvalue weighted by Crippen LogP contribution is -2.05. The number of fused-ring (bicyclic) bond motifs is 3. The number of imidazole rings is 1. The number of unbranched alkanes of at least 4 members (excludes halogenated alkanes) is 1. The maximum Gasteiger partial charge on any atom is 0.156 e. The van der Waals surface area contributed by atoms with Crippen LogP contribution in [0.15, 0.2) is 18.5 Å². The molecule has 0 aromatic carbocycles. The van der Waals surface area contributed by atoms with E-state index in [4.69, 9.17) is 10.1 Å². The molecule has 2 aromatic rings. The third-order valence-corrected chi connectivity index (χ3v) is 5.72. The predicted molar refractivity (Wildman–Crippen MR) is 101 cm³/mol. The van der Waals surface area contributed by atoms with Crippen molar-refractivity contribution in [3.05, 3.63) is 35.6 Å². The minimum atomic E-state index is 0.155. The zero-order valence-corrected chi connectivity index (χ0v) is 15.3. The highest BCUT2D eigenvalue weighted by atomic mass is 16.2. The second-order valence-corrected chi connectivity index (χ2v) is 7.61. The number of aliphatic hydroxyl groups excluding tert-OH is 1. The number of nitrogens with zero attached hydrogens (tertiary/aromatic N) is 3. The Balaban J connectivity index is 1.57. The molecule has 5 nitrogen and oxygen atoms in total. The second kappa shape index (κ2) is 7.70. The Morgan fingerprint density at radius 3 is 2.88 bits per heavy atom. The minimum Gasteiger partial charge on any atom is -0.396 e. The van der Waals surface area contributed by atoms with Crippen LogP contribution in [0.5, 0.6) is 0 Å². The monoisotopic (exact) mass is 353 g/mol. The molecule has 0 saturated heterocycles. The summed E-state index contributed by atoms with van der Waals surface area (Å²) in [6, 6.07) is 0. The Morgan fingerprint density at radius 2 is 2.08 bits per heavy atom. The summed E-state index contributed by atoms with van der Waals surface area (Å²) in [5, 5.41) is 8.88. The second-order valence-electron chi connectivity index (χ2n) is 7.61. The topological polar surface area (TPSA) is 67.5 Å². The number of carbonyl (C=O) groups is 1. The van der Waals surface area contributed by atoms with Crippen molar-refractivity contribution in [1.29, 1.82) is 0 Å². The van der Waals surface area contributed by atoms with Gasteiger partial charge in [0.15, 0.2) is 5.65 Å². The van der Waals surface area contributed by atoms with Crippen LogP contribution in [0, 0.1) is 0 Å². The van der Waals surface area contributed by atoms with Gasteiger partial charge in [-0.25, -0.2) is 4.98 Å². The van der Waals surface area contributed by atoms with E-state index in [1.54, 1.807) is 0 Å². The molecule has 0 unspecified atom stereocenters. The van der Waals surface area contributed by atoms with Gasteiger partial charge in [0.05, 0.1) is 23.3 Å². The molecule has 0 bridgehead atoms. The quantitative estimate of drug-likeness (QED) is 0.768. The van der Waals surface area contributed by atoms with Crippen LogP contribution in [0.25, 0.3) is 11.2 Å². The first kappa shape index (κ1) is 17.4. The molecule has 138 valence electrons. The number of allylic oxidation sites excluding steroid dienone is 2. The summed E-state index contributed by atoms with van der Waals surface area (Å²) in [7, 11) is 0. The third kappa shape index (κ3) is 3.45. The number of aromatic nitrogens is 3. The van der Waals surface area contributed by atoms with E-state index in [1.165, 1.54) is 37.8 Å². The van der Waals surface area contributed by atoms with Gasteiger partial charge in [0.25, 0.3) is 0 Å². The van der Waals surface area contributed by atoms with Crippen LogP contribution in [0.2, 0.25) is 0 Å². The number of hydrogen-bond acceptors (Lipinski definition) is 4. The molecule has 0 spiro atoms. The molecule has 1 N–H and O–H groups in total. The summed E-state index contributed by atoms with van der Waals surface area (Å²) in [5.74, 6) is 0.801. The molecule has 2 heterocycles. The molecule has 2 aliphatic carbocycles. The van der Waals surface area contributed by atoms with Crippen molar-refractivity contribution in [2.45, 2.75) is 70.1 Å². The summed E-state index contributed by atoms with van der Waals surface area (Å²) in [6.45, 7) is 0.155. The van der Waals surface area contributed by atoms with Crippen molar-refractivity contribution < 1.29 is 9.90 Å². The van der Waals surface area contributed by atoms with E-state index in [2.05, 4.69) is 21.7 Å². The van der Waals surface area contributed by atoms with Gasteiger partial charge in [0.2, 0.25) is 0 Å². The van der Waals surface area contributed by atoms with Crippen molar-refractivity contribution >= 4 is 17.0 Å². The number of hydrogen-bond donors (Lipinski definition) is 1. The largest absolute Gasteiger partial charge is 0.396 e. The van der Waals surface area contributed by atoms with Gasteiger partial charge in [-0.15, -0.1) is 0 Å². The third-order valence-electron chi connectivity index (χ3n) is 5.72. The number of Topliss-reactive ketones (excluding diaryl/α,β-unsaturated/α-hetero) is 1. The van der Waals surface area contributed by atoms with Crippen LogP contribution in [0.3, 0.4) is 0 Å². The van der Waals surface area contributed by atoms with Gasteiger partial charge in [-0.2, -0.15) is 0 Å². The van der Waals surface area contributed by atoms with Gasteiger partial charge in [0, 0.05) is 38.0 Å². The Hall–Kier alpha value is -2.01. The van der Waals surface area contributed by atoms with Gasteiger partial charge < -0.3 is 5.11 Å². The summed E-state index contributed by atoms with van der Waals surface area (Å²) in [5.41, 5.74) is 5.28. The standard InChI is InChI=1S/C21H27N3O2/c25-11-5-4-8-17(26)12-16-9-10-18-21(16)24-14-19(23-20(24)13-22-18)15-6-2-1-3-7-15/h9,13-15,25H,1-8,10-12H2. The summed E-state index contributed by atoms with van der Waals surface area (Å²) >= 11 is 0. The van der Waals surface area contributed by atoms with E-state index < -0.39 is 0 Å². The molecule has 0 radical (unpaired) electrons. The Morgan fingerprint density at radius 1 is 1.23 bits per heavy atom. The van der Waals surface area contributed by atoms with Crippen molar-refractivity contribution in [2.24, 2.45) is 0 Å². The smallest absolute Gasteiger partial charge is 0.156 e. The van der Waals surface area contributed by atoms with Crippen LogP contribution in [-0.4, -0.2) is 31.9 Å². The van der Waals surface area contributed by atoms with Gasteiger partial charge in [-0.3, -0.25) is 14.2 Å². The summed E-state index contributed by atoms with van der Waals surface area (Å²) in [6.07, 6.45) is 15.8. The van der Waals surface area contributed by atoms with Crippen LogP contribution in [-0.2, 0) is 11.2 Å². The molecule has 5 heteroatoms. The molecule has 4 rings (SSSR count). The molecule has 2 aliphatic rings. The van der Waals surface area contributed by atoms with E-state index in [0.29, 0.717) is 25.2 Å². The fourth-order valence-corrected chi connectivity index (χ4v) is 4.31. The van der Waals surface area contributed by atoms with E-state index in [9.17, 15) is 4.79 Å². The fourth-order valence-electron chi connectivity index (χ4n) is 4.31. The zero-order valence-electron chi connectivity index (χ0n) is 15.3. The van der Waals surface area contributed by atoms with Gasteiger partial charge >= 0.3 is 0 Å². The molecule has 1 fully saturated rings. The molecule has 26 heavy (non-hydrogen) atoms. The molecule has 1 saturated carbocycles. The number of rotatable bonds is 7. The van der Waals surface area contributed by atoms with Crippen molar-refractivity contribution in [3.63, 3.8) is 0 Å². The number of carbonyl (C=O) groups excluding carboxylic acids is 1. The maximum absolute atomic E-state index is 12.3. The van der Waals surface area contributed by atoms with E-state index in [0.717, 1.165) is 35.4 Å². The van der Waals surface area contributed by atoms with Crippen LogP contribution in [0.1, 0.15) is 80.8 Å². The molecule has 0 amide bonds. The molecule has 0 aliphatic heterocycles. The highest BCUT2D eigenvalue weighted by Gasteiger charge is 2.24. The van der Waals surface area contributed by atoms with Gasteiger partial charge in [-0.1, -0.05) is 25.3 Å². The lowest BCUT2D eigenvalue weighted by molar-refractivity contribution is -0.118. The fraction of sp³-hybridized carbons (Fsp3) is 0.571. The van der Waals surface area contributed by atoms with Crippen LogP contribution < -0.4 is 0 Å². The van der Waals surface area contributed by atoms with Crippen LogP contribution >= 0.6 is 0 Å². The van der Waals surface area contributed by atoms with Crippen molar-refractivity contribution in [1.82, 2.24) is 14.4 Å². The molecule has 0 atom stereocenters. The first-order valence-corrected chi connectivity index (χ1v) is 9.95. The number of ketones is 1. The molecule has 2 aromatic heterocycles. The zero-order chi connectivity index (χ0) is 17.9.